The van der Waals surface area contributed by atoms with Crippen LogP contribution in [-0.2, 0) is 29.7 Å². The molecule has 0 aliphatic carbocycles. The summed E-state index contributed by atoms with van der Waals surface area (Å²) in [7, 11) is 3.63. The molecule has 0 spiro atoms. The van der Waals surface area contributed by atoms with Gasteiger partial charge in [0.25, 0.3) is 0 Å². The van der Waals surface area contributed by atoms with E-state index in [1.165, 1.54) is 0 Å². The van der Waals surface area contributed by atoms with Gasteiger partial charge in [0.2, 0.25) is 11.8 Å². The largest absolute Gasteiger partial charge is 0.324 e. The Morgan fingerprint density at radius 1 is 1.12 bits per heavy atom. The maximum atomic E-state index is 12.9. The molecule has 1 unspecified atom stereocenters. The first-order chi connectivity index (χ1) is 16.3. The van der Waals surface area contributed by atoms with Crippen LogP contribution >= 0.6 is 11.6 Å². The number of anilines is 1. The van der Waals surface area contributed by atoms with Gasteiger partial charge >= 0.3 is 6.03 Å². The highest BCUT2D eigenvalue weighted by molar-refractivity contribution is 6.34. The predicted molar refractivity (Wildman–Crippen MR) is 128 cm³/mol. The van der Waals surface area contributed by atoms with Crippen LogP contribution in [0.1, 0.15) is 35.6 Å². The van der Waals surface area contributed by atoms with Crippen LogP contribution in [-0.4, -0.2) is 39.6 Å². The molecule has 3 heterocycles. The highest BCUT2D eigenvalue weighted by atomic mass is 35.5. The van der Waals surface area contributed by atoms with E-state index in [0.29, 0.717) is 36.5 Å². The van der Waals surface area contributed by atoms with Gasteiger partial charge in [-0.25, -0.2) is 4.79 Å². The van der Waals surface area contributed by atoms with Crippen LogP contribution < -0.4 is 10.2 Å². The van der Waals surface area contributed by atoms with Crippen molar-refractivity contribution < 1.29 is 14.4 Å². The first-order valence-corrected chi connectivity index (χ1v) is 11.5. The fourth-order valence-corrected chi connectivity index (χ4v) is 5.04. The highest BCUT2D eigenvalue weighted by Crippen LogP contribution is 2.39. The number of halogens is 1. The predicted octanol–water partition coefficient (Wildman–Crippen LogP) is 3.83. The standard InChI is InChI=1S/C25H24ClN5O3/c1-29-13-16-12-15(6-8-21(16)31(25(29)34)14-17-10-11-30(2)28-17)18-4-3-5-19(23(18)26)20-7-9-22(32)27-24(20)33/h3-6,8,10-12,20H,7,9,13-14H2,1-2H3,(H,27,32,33). The third kappa shape index (κ3) is 3.94. The van der Waals surface area contributed by atoms with E-state index in [4.69, 9.17) is 11.6 Å². The van der Waals surface area contributed by atoms with Crippen molar-refractivity contribution in [3.8, 4) is 11.1 Å². The zero-order valence-corrected chi connectivity index (χ0v) is 19.7. The Morgan fingerprint density at radius 3 is 2.68 bits per heavy atom. The van der Waals surface area contributed by atoms with Gasteiger partial charge in [-0.15, -0.1) is 0 Å². The summed E-state index contributed by atoms with van der Waals surface area (Å²) in [6, 6.07) is 13.4. The summed E-state index contributed by atoms with van der Waals surface area (Å²) in [6.07, 6.45) is 2.59. The molecule has 1 aromatic heterocycles. The van der Waals surface area contributed by atoms with Gasteiger partial charge < -0.3 is 4.90 Å². The molecule has 0 radical (unpaired) electrons. The lowest BCUT2D eigenvalue weighted by molar-refractivity contribution is -0.134. The Balaban J connectivity index is 1.50. The molecular weight excluding hydrogens is 454 g/mol. The Kier molecular flexibility index (Phi) is 5.61. The molecule has 1 atom stereocenters. The van der Waals surface area contributed by atoms with E-state index in [2.05, 4.69) is 10.4 Å². The van der Waals surface area contributed by atoms with Crippen LogP contribution in [0.25, 0.3) is 11.1 Å². The third-order valence-corrected chi connectivity index (χ3v) is 6.80. The molecule has 1 N–H and O–H groups in total. The molecule has 34 heavy (non-hydrogen) atoms. The molecule has 4 amide bonds. The van der Waals surface area contributed by atoms with Crippen molar-refractivity contribution in [2.75, 3.05) is 11.9 Å². The van der Waals surface area contributed by atoms with Gasteiger partial charge in [0.15, 0.2) is 0 Å². The van der Waals surface area contributed by atoms with Crippen LogP contribution in [0.5, 0.6) is 0 Å². The molecule has 1 saturated heterocycles. The number of carbonyl (C=O) groups is 3. The second-order valence-corrected chi connectivity index (χ2v) is 9.14. The number of aromatic nitrogens is 2. The lowest BCUT2D eigenvalue weighted by atomic mass is 9.88. The molecule has 0 saturated carbocycles. The van der Waals surface area contributed by atoms with Crippen LogP contribution in [0, 0.1) is 0 Å². The lowest BCUT2D eigenvalue weighted by Crippen LogP contribution is -2.44. The quantitative estimate of drug-likeness (QED) is 0.578. The summed E-state index contributed by atoms with van der Waals surface area (Å²) >= 11 is 6.80. The fraction of sp³-hybridized carbons (Fsp3) is 0.280. The molecule has 1 fully saturated rings. The van der Waals surface area contributed by atoms with Crippen LogP contribution in [0.15, 0.2) is 48.7 Å². The number of nitrogens with zero attached hydrogens (tertiary/aromatic N) is 4. The zero-order chi connectivity index (χ0) is 24.0. The number of amides is 4. The molecule has 2 aromatic carbocycles. The number of nitrogens with one attached hydrogen (secondary N) is 1. The number of hydrogen-bond donors (Lipinski definition) is 1. The van der Waals surface area contributed by atoms with E-state index in [1.54, 1.807) is 21.5 Å². The number of aryl methyl sites for hydroxylation is 1. The van der Waals surface area contributed by atoms with Gasteiger partial charge in [-0.3, -0.25) is 24.5 Å². The van der Waals surface area contributed by atoms with E-state index in [9.17, 15) is 14.4 Å². The van der Waals surface area contributed by atoms with E-state index < -0.39 is 5.92 Å². The van der Waals surface area contributed by atoms with E-state index in [1.807, 2.05) is 55.7 Å². The minimum absolute atomic E-state index is 0.0798. The third-order valence-electron chi connectivity index (χ3n) is 6.38. The first kappa shape index (κ1) is 22.2. The number of imide groups is 1. The summed E-state index contributed by atoms with van der Waals surface area (Å²) in [6.45, 7) is 0.854. The van der Waals surface area contributed by atoms with E-state index in [-0.39, 0.29) is 17.8 Å². The number of urea groups is 1. The number of piperidine rings is 1. The monoisotopic (exact) mass is 477 g/mol. The smallest absolute Gasteiger partial charge is 0.323 e. The highest BCUT2D eigenvalue weighted by Gasteiger charge is 2.31. The molecule has 3 aromatic rings. The Morgan fingerprint density at radius 2 is 1.94 bits per heavy atom. The van der Waals surface area contributed by atoms with Crippen LogP contribution in [0.4, 0.5) is 10.5 Å². The van der Waals surface area contributed by atoms with E-state index in [0.717, 1.165) is 28.1 Å². The average molecular weight is 478 g/mol. The van der Waals surface area contributed by atoms with Gasteiger partial charge in [0, 0.05) is 38.8 Å². The maximum Gasteiger partial charge on any atom is 0.324 e. The molecule has 2 aliphatic rings. The number of carbonyl (C=O) groups excluding carboxylic acids is 3. The maximum absolute atomic E-state index is 12.9. The zero-order valence-electron chi connectivity index (χ0n) is 18.9. The Bertz CT molecular complexity index is 1320. The van der Waals surface area contributed by atoms with E-state index >= 15 is 0 Å². The summed E-state index contributed by atoms with van der Waals surface area (Å²) < 4.78 is 1.72. The van der Waals surface area contributed by atoms with Crippen molar-refractivity contribution in [1.82, 2.24) is 20.0 Å². The molecular formula is C25H24ClN5O3. The fourth-order valence-electron chi connectivity index (χ4n) is 4.67. The molecule has 174 valence electrons. The lowest BCUT2D eigenvalue weighted by Gasteiger charge is -2.35. The van der Waals surface area contributed by atoms with Crippen molar-refractivity contribution in [3.05, 3.63) is 70.5 Å². The summed E-state index contributed by atoms with van der Waals surface area (Å²) in [5.74, 6) is -1.02. The molecule has 2 aliphatic heterocycles. The number of hydrogen-bond acceptors (Lipinski definition) is 4. The minimum Gasteiger partial charge on any atom is -0.323 e. The normalized spacial score (nSPS) is 18.2. The second-order valence-electron chi connectivity index (χ2n) is 8.76. The van der Waals surface area contributed by atoms with Gasteiger partial charge in [-0.2, -0.15) is 5.10 Å². The van der Waals surface area contributed by atoms with Gasteiger partial charge in [-0.1, -0.05) is 35.9 Å². The number of fused-ring (bicyclic) bond motifs is 1. The summed E-state index contributed by atoms with van der Waals surface area (Å²) in [5.41, 5.74) is 5.07. The van der Waals surface area contributed by atoms with Crippen molar-refractivity contribution in [1.29, 1.82) is 0 Å². The Labute approximate surface area is 202 Å². The Hall–Kier alpha value is -3.65. The molecule has 9 heteroatoms. The molecule has 8 nitrogen and oxygen atoms in total. The number of rotatable bonds is 4. The summed E-state index contributed by atoms with van der Waals surface area (Å²) in [5, 5.41) is 7.32. The average Bonchev–Trinajstić information content (AvgIpc) is 3.22. The SMILES string of the molecule is CN1Cc2cc(-c3cccc(C4CCC(=O)NC4=O)c3Cl)ccc2N(Cc2ccn(C)n2)C1=O. The van der Waals surface area contributed by atoms with Crippen molar-refractivity contribution in [3.63, 3.8) is 0 Å². The molecule has 5 rings (SSSR count). The first-order valence-electron chi connectivity index (χ1n) is 11.1. The summed E-state index contributed by atoms with van der Waals surface area (Å²) in [4.78, 5) is 40.3. The molecule has 0 bridgehead atoms. The van der Waals surface area contributed by atoms with Crippen LogP contribution in [0.2, 0.25) is 5.02 Å². The van der Waals surface area contributed by atoms with Crippen LogP contribution in [0.3, 0.4) is 0 Å². The number of benzene rings is 2. The topological polar surface area (TPSA) is 87.5 Å². The minimum atomic E-state index is -0.458. The van der Waals surface area contributed by atoms with Gasteiger partial charge in [0.1, 0.15) is 0 Å². The van der Waals surface area contributed by atoms with Crippen molar-refractivity contribution >= 4 is 35.1 Å². The van der Waals surface area contributed by atoms with Crippen molar-refractivity contribution in [2.24, 2.45) is 7.05 Å². The second kappa shape index (κ2) is 8.61. The van der Waals surface area contributed by atoms with Gasteiger partial charge in [-0.05, 0) is 41.3 Å². The van der Waals surface area contributed by atoms with Gasteiger partial charge in [0.05, 0.1) is 28.9 Å². The van der Waals surface area contributed by atoms with Crippen molar-refractivity contribution in [2.45, 2.75) is 31.8 Å².